The first-order valence-corrected chi connectivity index (χ1v) is 9.91. The van der Waals surface area contributed by atoms with Gasteiger partial charge in [0.2, 0.25) is 0 Å². The molecule has 8 nitrogen and oxygen atoms in total. The van der Waals surface area contributed by atoms with Crippen molar-refractivity contribution < 1.29 is 19.3 Å². The Labute approximate surface area is 174 Å². The lowest BCUT2D eigenvalue weighted by molar-refractivity contribution is -0.169. The third kappa shape index (κ3) is 4.17. The first kappa shape index (κ1) is 20.3. The molecule has 1 saturated carbocycles. The van der Waals surface area contributed by atoms with Gasteiger partial charge in [0.05, 0.1) is 31.5 Å². The minimum atomic E-state index is -0.787. The van der Waals surface area contributed by atoms with Gasteiger partial charge in [-0.2, -0.15) is 0 Å². The number of fused-ring (bicyclic) bond motifs is 1. The Morgan fingerprint density at radius 3 is 2.69 bits per heavy atom. The van der Waals surface area contributed by atoms with E-state index in [0.717, 1.165) is 5.56 Å². The van der Waals surface area contributed by atoms with E-state index in [1.165, 1.54) is 6.33 Å². The number of hydrogen-bond acceptors (Lipinski definition) is 8. The van der Waals surface area contributed by atoms with Gasteiger partial charge in [0, 0.05) is 5.92 Å². The van der Waals surface area contributed by atoms with Gasteiger partial charge in [-0.1, -0.05) is 41.9 Å². The van der Waals surface area contributed by atoms with E-state index in [1.54, 1.807) is 0 Å². The highest BCUT2D eigenvalue weighted by molar-refractivity contribution is 6.32. The molecule has 2 fully saturated rings. The molecule has 2 aromatic rings. The van der Waals surface area contributed by atoms with E-state index < -0.39 is 24.0 Å². The number of nitrogens with zero attached hydrogens (tertiary/aromatic N) is 2. The predicted molar refractivity (Wildman–Crippen MR) is 108 cm³/mol. The fourth-order valence-corrected chi connectivity index (χ4v) is 4.11. The molecule has 156 valence electrons. The molecule has 1 saturated heterocycles. The van der Waals surface area contributed by atoms with E-state index in [9.17, 15) is 5.11 Å². The molecular formula is C20H25ClN4O4. The van der Waals surface area contributed by atoms with Crippen LogP contribution in [0.2, 0.25) is 5.15 Å². The van der Waals surface area contributed by atoms with Gasteiger partial charge in [-0.25, -0.2) is 9.97 Å². The Morgan fingerprint density at radius 1 is 1.21 bits per heavy atom. The summed E-state index contributed by atoms with van der Waals surface area (Å²) in [5.74, 6) is -0.685. The third-order valence-electron chi connectivity index (χ3n) is 5.31. The topological polar surface area (TPSA) is 112 Å². The fraction of sp³-hybridized carbons (Fsp3) is 0.500. The Balaban J connectivity index is 1.49. The summed E-state index contributed by atoms with van der Waals surface area (Å²) in [6.45, 7) is 4.49. The second-order valence-electron chi connectivity index (χ2n) is 7.82. The summed E-state index contributed by atoms with van der Waals surface area (Å²) >= 11 is 5.99. The monoisotopic (exact) mass is 420 g/mol. The second-order valence-corrected chi connectivity index (χ2v) is 8.17. The molecule has 5 atom stereocenters. The first-order chi connectivity index (χ1) is 13.9. The number of benzene rings is 1. The highest BCUT2D eigenvalue weighted by Gasteiger charge is 2.58. The molecule has 4 rings (SSSR count). The number of aliphatic hydroxyl groups excluding tert-OH is 1. The number of nitrogens with two attached hydrogens (primary N) is 1. The summed E-state index contributed by atoms with van der Waals surface area (Å²) in [6, 6.07) is 9.40. The fourth-order valence-electron chi connectivity index (χ4n) is 3.98. The number of ether oxygens (including phenoxy) is 3. The van der Waals surface area contributed by atoms with Crippen molar-refractivity contribution >= 4 is 23.1 Å². The summed E-state index contributed by atoms with van der Waals surface area (Å²) in [5, 5.41) is 14.4. The molecule has 1 aromatic carbocycles. The van der Waals surface area contributed by atoms with Crippen LogP contribution in [-0.4, -0.2) is 51.8 Å². The van der Waals surface area contributed by atoms with Crippen LogP contribution < -0.4 is 11.1 Å². The minimum Gasteiger partial charge on any atom is -0.393 e. The van der Waals surface area contributed by atoms with Crippen molar-refractivity contribution in [2.45, 2.75) is 50.6 Å². The smallest absolute Gasteiger partial charge is 0.163 e. The summed E-state index contributed by atoms with van der Waals surface area (Å²) in [6.07, 6.45) is -0.189. The van der Waals surface area contributed by atoms with Gasteiger partial charge in [-0.05, 0) is 19.4 Å². The van der Waals surface area contributed by atoms with Crippen molar-refractivity contribution in [3.8, 4) is 0 Å². The van der Waals surface area contributed by atoms with Gasteiger partial charge in [0.15, 0.2) is 16.8 Å². The zero-order chi connectivity index (χ0) is 20.6. The standard InChI is InChI=1S/C20H25ClN4O4/c1-20(2)28-16-12(9-27-8-11-6-4-3-5-7-11)15(26)14(17(16)29-20)25-19-13(22)18(21)23-10-24-19/h3-7,10,12,14-17,26H,8-9,22H2,1-2H3,(H,23,24,25)/t12-,14+,15-,16+,17-/m1/s1. The minimum absolute atomic E-state index is 0.151. The van der Waals surface area contributed by atoms with Crippen molar-refractivity contribution in [3.63, 3.8) is 0 Å². The highest BCUT2D eigenvalue weighted by atomic mass is 35.5. The molecule has 0 bridgehead atoms. The summed E-state index contributed by atoms with van der Waals surface area (Å²) in [5.41, 5.74) is 7.27. The lowest BCUT2D eigenvalue weighted by Gasteiger charge is -2.28. The average molecular weight is 421 g/mol. The Morgan fingerprint density at radius 2 is 1.93 bits per heavy atom. The Bertz CT molecular complexity index is 854. The molecule has 2 heterocycles. The quantitative estimate of drug-likeness (QED) is 0.610. The Hall–Kier alpha value is -1.97. The van der Waals surface area contributed by atoms with Crippen LogP contribution in [0.1, 0.15) is 19.4 Å². The largest absolute Gasteiger partial charge is 0.393 e. The van der Waals surface area contributed by atoms with Crippen molar-refractivity contribution in [1.29, 1.82) is 0 Å². The van der Waals surface area contributed by atoms with Gasteiger partial charge in [-0.3, -0.25) is 0 Å². The van der Waals surface area contributed by atoms with E-state index in [4.69, 9.17) is 31.5 Å². The zero-order valence-corrected chi connectivity index (χ0v) is 17.0. The van der Waals surface area contributed by atoms with Gasteiger partial charge < -0.3 is 30.4 Å². The van der Waals surface area contributed by atoms with E-state index in [0.29, 0.717) is 19.0 Å². The molecule has 1 aromatic heterocycles. The van der Waals surface area contributed by atoms with Crippen LogP contribution in [0, 0.1) is 5.92 Å². The maximum absolute atomic E-state index is 11.0. The van der Waals surface area contributed by atoms with Gasteiger partial charge in [0.1, 0.15) is 18.1 Å². The van der Waals surface area contributed by atoms with Gasteiger partial charge in [-0.15, -0.1) is 0 Å². The molecule has 29 heavy (non-hydrogen) atoms. The van der Waals surface area contributed by atoms with Gasteiger partial charge in [0.25, 0.3) is 0 Å². The maximum atomic E-state index is 11.0. The van der Waals surface area contributed by atoms with Crippen LogP contribution in [0.5, 0.6) is 0 Å². The number of anilines is 2. The lowest BCUT2D eigenvalue weighted by Crippen LogP contribution is -2.42. The molecular weight excluding hydrogens is 396 g/mol. The van der Waals surface area contributed by atoms with E-state index >= 15 is 0 Å². The number of aliphatic hydroxyl groups is 1. The maximum Gasteiger partial charge on any atom is 0.163 e. The molecule has 0 spiro atoms. The average Bonchev–Trinajstić information content (AvgIpc) is 3.12. The molecule has 0 amide bonds. The number of aromatic nitrogens is 2. The molecule has 9 heteroatoms. The van der Waals surface area contributed by atoms with Crippen LogP contribution in [0.3, 0.4) is 0 Å². The molecule has 0 unspecified atom stereocenters. The number of hydrogen-bond donors (Lipinski definition) is 3. The lowest BCUT2D eigenvalue weighted by atomic mass is 10.0. The van der Waals surface area contributed by atoms with E-state index in [1.807, 2.05) is 44.2 Å². The third-order valence-corrected chi connectivity index (χ3v) is 5.61. The van der Waals surface area contributed by atoms with E-state index in [2.05, 4.69) is 15.3 Å². The highest BCUT2D eigenvalue weighted by Crippen LogP contribution is 2.43. The van der Waals surface area contributed by atoms with Gasteiger partial charge >= 0.3 is 0 Å². The van der Waals surface area contributed by atoms with Crippen LogP contribution in [0.4, 0.5) is 11.5 Å². The summed E-state index contributed by atoms with van der Waals surface area (Å²) in [7, 11) is 0. The van der Waals surface area contributed by atoms with Crippen LogP contribution in [-0.2, 0) is 20.8 Å². The van der Waals surface area contributed by atoms with Crippen molar-refractivity contribution in [2.24, 2.45) is 5.92 Å². The van der Waals surface area contributed by atoms with Crippen LogP contribution in [0.25, 0.3) is 0 Å². The summed E-state index contributed by atoms with van der Waals surface area (Å²) < 4.78 is 18.1. The molecule has 2 aliphatic rings. The van der Waals surface area contributed by atoms with Crippen LogP contribution in [0.15, 0.2) is 36.7 Å². The second kappa shape index (κ2) is 8.04. The summed E-state index contributed by atoms with van der Waals surface area (Å²) in [4.78, 5) is 8.00. The SMILES string of the molecule is CC1(C)O[C@@H]2[C@@H](Nc3ncnc(Cl)c3N)[C@H](O)[C@@H](COCc3ccccc3)[C@@H]2O1. The van der Waals surface area contributed by atoms with Crippen LogP contribution >= 0.6 is 11.6 Å². The van der Waals surface area contributed by atoms with E-state index in [-0.39, 0.29) is 22.9 Å². The zero-order valence-electron chi connectivity index (χ0n) is 16.3. The normalized spacial score (nSPS) is 30.3. The molecule has 0 radical (unpaired) electrons. The van der Waals surface area contributed by atoms with Crippen molar-refractivity contribution in [2.75, 3.05) is 17.7 Å². The Kier molecular flexibility index (Phi) is 5.63. The number of nitrogens with one attached hydrogen (secondary N) is 1. The molecule has 4 N–H and O–H groups in total. The van der Waals surface area contributed by atoms with Crippen molar-refractivity contribution in [1.82, 2.24) is 9.97 Å². The predicted octanol–water partition coefficient (Wildman–Crippen LogP) is 2.22. The molecule has 1 aliphatic heterocycles. The number of rotatable bonds is 6. The first-order valence-electron chi connectivity index (χ1n) is 9.53. The van der Waals surface area contributed by atoms with Crippen molar-refractivity contribution in [3.05, 3.63) is 47.4 Å². The number of nitrogen functional groups attached to an aromatic ring is 1. The molecule has 1 aliphatic carbocycles. The number of halogens is 1.